The Kier molecular flexibility index (Phi) is 4.10. The number of rotatable bonds is 4. The van der Waals surface area contributed by atoms with Crippen LogP contribution in [-0.2, 0) is 0 Å². The lowest BCUT2D eigenvalue weighted by Crippen LogP contribution is -2.21. The summed E-state index contributed by atoms with van der Waals surface area (Å²) in [6, 6.07) is 3.07. The predicted molar refractivity (Wildman–Crippen MR) is 51.6 cm³/mol. The van der Waals surface area contributed by atoms with Crippen LogP contribution >= 0.6 is 11.6 Å². The van der Waals surface area contributed by atoms with Crippen LogP contribution in [0.2, 0.25) is 0 Å². The third kappa shape index (κ3) is 3.12. The number of halogens is 3. The van der Waals surface area contributed by atoms with Gasteiger partial charge in [0.25, 0.3) is 0 Å². The minimum atomic E-state index is -0.778. The lowest BCUT2D eigenvalue weighted by Gasteiger charge is -2.10. The number of hydrogen-bond acceptors (Lipinski definition) is 2. The van der Waals surface area contributed by atoms with Crippen LogP contribution in [0.3, 0.4) is 0 Å². The van der Waals surface area contributed by atoms with E-state index in [1.54, 1.807) is 0 Å². The van der Waals surface area contributed by atoms with Crippen molar-refractivity contribution < 1.29 is 13.9 Å². The van der Waals surface area contributed by atoms with Crippen molar-refractivity contribution in [1.29, 1.82) is 0 Å². The highest BCUT2D eigenvalue weighted by Crippen LogP contribution is 2.14. The molecule has 0 aliphatic heterocycles. The van der Waals surface area contributed by atoms with Crippen molar-refractivity contribution in [3.8, 4) is 0 Å². The van der Waals surface area contributed by atoms with Crippen LogP contribution in [0.15, 0.2) is 18.2 Å². The van der Waals surface area contributed by atoms with Crippen LogP contribution < -0.4 is 5.32 Å². The van der Waals surface area contributed by atoms with Crippen LogP contribution in [0.5, 0.6) is 0 Å². The second-order valence-electron chi connectivity index (χ2n) is 2.81. The number of nitrogens with one attached hydrogen (secondary N) is 1. The molecule has 0 spiro atoms. The minimum absolute atomic E-state index is 0.0224. The average Bonchev–Trinajstić information content (AvgIpc) is 2.19. The zero-order valence-electron chi connectivity index (χ0n) is 7.30. The Bertz CT molecular complexity index is 309. The van der Waals surface area contributed by atoms with E-state index in [0.717, 1.165) is 18.2 Å². The highest BCUT2D eigenvalue weighted by molar-refractivity contribution is 6.18. The van der Waals surface area contributed by atoms with Crippen molar-refractivity contribution in [2.75, 3.05) is 17.7 Å². The molecule has 1 aromatic rings. The van der Waals surface area contributed by atoms with Gasteiger partial charge in [-0.05, 0) is 18.2 Å². The van der Waals surface area contributed by atoms with Crippen LogP contribution in [0, 0.1) is 11.6 Å². The molecule has 1 unspecified atom stereocenters. The number of aliphatic hydroxyl groups is 1. The smallest absolute Gasteiger partial charge is 0.146 e. The maximum absolute atomic E-state index is 13.0. The summed E-state index contributed by atoms with van der Waals surface area (Å²) in [4.78, 5) is 0. The molecule has 78 valence electrons. The van der Waals surface area contributed by atoms with Gasteiger partial charge >= 0.3 is 0 Å². The second-order valence-corrected chi connectivity index (χ2v) is 3.12. The van der Waals surface area contributed by atoms with E-state index in [4.69, 9.17) is 16.7 Å². The van der Waals surface area contributed by atoms with Gasteiger partial charge in [-0.3, -0.25) is 0 Å². The summed E-state index contributed by atoms with van der Waals surface area (Å²) >= 11 is 5.33. The lowest BCUT2D eigenvalue weighted by molar-refractivity contribution is 0.211. The minimum Gasteiger partial charge on any atom is -0.390 e. The molecule has 0 aromatic heterocycles. The van der Waals surface area contributed by atoms with Crippen molar-refractivity contribution >= 4 is 17.3 Å². The van der Waals surface area contributed by atoms with Gasteiger partial charge in [0.2, 0.25) is 0 Å². The Morgan fingerprint density at radius 2 is 2.14 bits per heavy atom. The van der Waals surface area contributed by atoms with E-state index < -0.39 is 17.7 Å². The van der Waals surface area contributed by atoms with Gasteiger partial charge in [0.1, 0.15) is 11.6 Å². The van der Waals surface area contributed by atoms with Gasteiger partial charge in [-0.15, -0.1) is 11.6 Å². The first-order valence-electron chi connectivity index (χ1n) is 4.06. The molecule has 0 bridgehead atoms. The van der Waals surface area contributed by atoms with Crippen LogP contribution in [0.1, 0.15) is 0 Å². The molecule has 14 heavy (non-hydrogen) atoms. The van der Waals surface area contributed by atoms with Gasteiger partial charge in [-0.1, -0.05) is 0 Å². The highest BCUT2D eigenvalue weighted by Gasteiger charge is 2.05. The number of anilines is 1. The van der Waals surface area contributed by atoms with Crippen molar-refractivity contribution in [3.05, 3.63) is 29.8 Å². The van der Waals surface area contributed by atoms with Crippen molar-refractivity contribution in [2.24, 2.45) is 0 Å². The van der Waals surface area contributed by atoms with Crippen LogP contribution in [-0.4, -0.2) is 23.6 Å². The Morgan fingerprint density at radius 3 is 2.79 bits per heavy atom. The molecule has 0 aliphatic rings. The summed E-state index contributed by atoms with van der Waals surface area (Å²) in [5, 5.41) is 11.6. The second kappa shape index (κ2) is 5.12. The molecule has 0 saturated carbocycles. The summed E-state index contributed by atoms with van der Waals surface area (Å²) in [5.41, 5.74) is 0.0224. The van der Waals surface area contributed by atoms with Gasteiger partial charge in [-0.25, -0.2) is 8.78 Å². The Balaban J connectivity index is 2.62. The maximum Gasteiger partial charge on any atom is 0.146 e. The monoisotopic (exact) mass is 221 g/mol. The van der Waals surface area contributed by atoms with E-state index in [0.29, 0.717) is 0 Å². The summed E-state index contributed by atoms with van der Waals surface area (Å²) in [7, 11) is 0. The van der Waals surface area contributed by atoms with Gasteiger partial charge in [-0.2, -0.15) is 0 Å². The number of benzene rings is 1. The first kappa shape index (κ1) is 11.2. The average molecular weight is 222 g/mol. The maximum atomic E-state index is 13.0. The molecule has 5 heteroatoms. The van der Waals surface area contributed by atoms with E-state index in [-0.39, 0.29) is 18.1 Å². The van der Waals surface area contributed by atoms with E-state index in [1.165, 1.54) is 0 Å². The first-order valence-corrected chi connectivity index (χ1v) is 4.60. The molecule has 0 radical (unpaired) electrons. The fourth-order valence-corrected chi connectivity index (χ4v) is 1.02. The molecular weight excluding hydrogens is 212 g/mol. The molecule has 2 N–H and O–H groups in total. The molecule has 1 aromatic carbocycles. The van der Waals surface area contributed by atoms with Crippen LogP contribution in [0.25, 0.3) is 0 Å². The number of hydrogen-bond donors (Lipinski definition) is 2. The molecule has 2 nitrogen and oxygen atoms in total. The Labute approximate surface area is 85.5 Å². The SMILES string of the molecule is OC(CCl)CNc1cc(F)ccc1F. The number of aliphatic hydroxyl groups excluding tert-OH is 1. The van der Waals surface area contributed by atoms with Crippen LogP contribution in [0.4, 0.5) is 14.5 Å². The third-order valence-electron chi connectivity index (χ3n) is 1.63. The first-order chi connectivity index (χ1) is 6.63. The summed E-state index contributed by atoms with van der Waals surface area (Å²) in [6.07, 6.45) is -0.778. The topological polar surface area (TPSA) is 32.3 Å². The zero-order valence-corrected chi connectivity index (χ0v) is 8.06. The van der Waals surface area contributed by atoms with Gasteiger partial charge in [0.15, 0.2) is 0 Å². The fourth-order valence-electron chi connectivity index (χ4n) is 0.915. The number of alkyl halides is 1. The Hall–Kier alpha value is -0.870. The van der Waals surface area contributed by atoms with Crippen molar-refractivity contribution in [3.63, 3.8) is 0 Å². The molecule has 0 amide bonds. The fraction of sp³-hybridized carbons (Fsp3) is 0.333. The van der Waals surface area contributed by atoms with E-state index >= 15 is 0 Å². The zero-order chi connectivity index (χ0) is 10.6. The predicted octanol–water partition coefficient (Wildman–Crippen LogP) is 1.98. The molecule has 1 atom stereocenters. The summed E-state index contributed by atoms with van der Waals surface area (Å²) in [6.45, 7) is 0.0872. The molecule has 0 aliphatic carbocycles. The van der Waals surface area contributed by atoms with Crippen molar-refractivity contribution in [2.45, 2.75) is 6.10 Å². The molecule has 0 heterocycles. The van der Waals surface area contributed by atoms with E-state index in [1.807, 2.05) is 0 Å². The normalized spacial score (nSPS) is 12.6. The molecule has 0 fully saturated rings. The molecule has 1 rings (SSSR count). The van der Waals surface area contributed by atoms with Gasteiger partial charge < -0.3 is 10.4 Å². The highest BCUT2D eigenvalue weighted by atomic mass is 35.5. The standard InChI is InChI=1S/C9H10ClF2NO/c10-4-7(14)5-13-9-3-6(11)1-2-8(9)12/h1-3,7,13-14H,4-5H2. The lowest BCUT2D eigenvalue weighted by atomic mass is 10.3. The largest absolute Gasteiger partial charge is 0.390 e. The third-order valence-corrected chi connectivity index (χ3v) is 1.99. The van der Waals surface area contributed by atoms with Gasteiger partial charge in [0, 0.05) is 6.54 Å². The molecular formula is C9H10ClF2NO. The Morgan fingerprint density at radius 1 is 1.43 bits per heavy atom. The van der Waals surface area contributed by atoms with Crippen molar-refractivity contribution in [1.82, 2.24) is 0 Å². The molecule has 0 saturated heterocycles. The van der Waals surface area contributed by atoms with Gasteiger partial charge in [0.05, 0.1) is 17.7 Å². The summed E-state index contributed by atoms with van der Waals surface area (Å²) < 4.78 is 25.6. The van der Waals surface area contributed by atoms with E-state index in [9.17, 15) is 8.78 Å². The summed E-state index contributed by atoms with van der Waals surface area (Å²) in [5.74, 6) is -1.05. The van der Waals surface area contributed by atoms with E-state index in [2.05, 4.69) is 5.32 Å². The quantitative estimate of drug-likeness (QED) is 0.762.